The molecule has 0 aliphatic heterocycles. The molecule has 0 fully saturated rings. The van der Waals surface area contributed by atoms with Crippen molar-refractivity contribution >= 4 is 33.0 Å². The molecule has 2 heterocycles. The SMILES string of the molecule is COc1ncccc1NCc1cc(Br)c(C)s1. The molecule has 2 aromatic heterocycles. The van der Waals surface area contributed by atoms with Gasteiger partial charge in [-0.1, -0.05) is 0 Å². The molecule has 0 aromatic carbocycles. The van der Waals surface area contributed by atoms with E-state index in [0.717, 1.165) is 16.7 Å². The Morgan fingerprint density at radius 2 is 2.35 bits per heavy atom. The predicted octanol–water partition coefficient (Wildman–Crippen LogP) is 3.83. The second-order valence-electron chi connectivity index (χ2n) is 3.53. The average Bonchev–Trinajstić information content (AvgIpc) is 2.66. The summed E-state index contributed by atoms with van der Waals surface area (Å²) in [6.45, 7) is 2.88. The van der Waals surface area contributed by atoms with Crippen molar-refractivity contribution in [3.05, 3.63) is 38.6 Å². The second kappa shape index (κ2) is 5.51. The van der Waals surface area contributed by atoms with Gasteiger partial charge in [-0.15, -0.1) is 11.3 Å². The van der Waals surface area contributed by atoms with E-state index < -0.39 is 0 Å². The number of hydrogen-bond acceptors (Lipinski definition) is 4. The van der Waals surface area contributed by atoms with Crippen LogP contribution in [0.15, 0.2) is 28.9 Å². The lowest BCUT2D eigenvalue weighted by molar-refractivity contribution is 0.399. The smallest absolute Gasteiger partial charge is 0.237 e. The summed E-state index contributed by atoms with van der Waals surface area (Å²) < 4.78 is 6.35. The molecule has 5 heteroatoms. The van der Waals surface area contributed by atoms with Gasteiger partial charge in [-0.05, 0) is 41.1 Å². The lowest BCUT2D eigenvalue weighted by atomic mass is 10.3. The lowest BCUT2D eigenvalue weighted by Gasteiger charge is -2.08. The highest BCUT2D eigenvalue weighted by atomic mass is 79.9. The van der Waals surface area contributed by atoms with Gasteiger partial charge >= 0.3 is 0 Å². The third-order valence-corrected chi connectivity index (χ3v) is 4.46. The predicted molar refractivity (Wildman–Crippen MR) is 74.9 cm³/mol. The van der Waals surface area contributed by atoms with Crippen LogP contribution in [0, 0.1) is 6.92 Å². The lowest BCUT2D eigenvalue weighted by Crippen LogP contribution is -2.00. The first-order valence-corrected chi connectivity index (χ1v) is 6.79. The minimum Gasteiger partial charge on any atom is -0.480 e. The van der Waals surface area contributed by atoms with Crippen molar-refractivity contribution in [3.8, 4) is 5.88 Å². The Morgan fingerprint density at radius 1 is 1.53 bits per heavy atom. The van der Waals surface area contributed by atoms with E-state index in [1.54, 1.807) is 24.6 Å². The van der Waals surface area contributed by atoms with Gasteiger partial charge in [0.15, 0.2) is 0 Å². The molecular weight excluding hydrogens is 300 g/mol. The maximum atomic E-state index is 5.18. The Labute approximate surface area is 113 Å². The fourth-order valence-corrected chi connectivity index (χ4v) is 3.02. The maximum absolute atomic E-state index is 5.18. The number of aryl methyl sites for hydroxylation is 1. The number of ether oxygens (including phenoxy) is 1. The topological polar surface area (TPSA) is 34.1 Å². The Morgan fingerprint density at radius 3 is 3.00 bits per heavy atom. The summed E-state index contributed by atoms with van der Waals surface area (Å²) in [5.41, 5.74) is 0.914. The molecule has 90 valence electrons. The van der Waals surface area contributed by atoms with Crippen molar-refractivity contribution in [2.75, 3.05) is 12.4 Å². The fraction of sp³-hybridized carbons (Fsp3) is 0.250. The van der Waals surface area contributed by atoms with Crippen molar-refractivity contribution < 1.29 is 4.74 Å². The molecule has 1 N–H and O–H groups in total. The molecule has 0 saturated carbocycles. The van der Waals surface area contributed by atoms with Gasteiger partial charge in [0.2, 0.25) is 5.88 Å². The van der Waals surface area contributed by atoms with Crippen molar-refractivity contribution in [2.45, 2.75) is 13.5 Å². The normalized spacial score (nSPS) is 10.3. The second-order valence-corrected chi connectivity index (χ2v) is 5.73. The number of nitrogens with one attached hydrogen (secondary N) is 1. The number of thiophene rings is 1. The minimum atomic E-state index is 0.625. The molecule has 0 atom stereocenters. The summed E-state index contributed by atoms with van der Waals surface area (Å²) in [5, 5.41) is 3.32. The molecule has 0 saturated heterocycles. The van der Waals surface area contributed by atoms with Crippen LogP contribution < -0.4 is 10.1 Å². The van der Waals surface area contributed by atoms with Gasteiger partial charge in [-0.3, -0.25) is 0 Å². The summed E-state index contributed by atoms with van der Waals surface area (Å²) in [6, 6.07) is 5.98. The first kappa shape index (κ1) is 12.4. The van der Waals surface area contributed by atoms with Gasteiger partial charge in [0.25, 0.3) is 0 Å². The summed E-state index contributed by atoms with van der Waals surface area (Å²) in [4.78, 5) is 6.71. The molecule has 0 amide bonds. The fourth-order valence-electron chi connectivity index (χ4n) is 1.48. The highest BCUT2D eigenvalue weighted by Crippen LogP contribution is 2.28. The zero-order valence-electron chi connectivity index (χ0n) is 9.66. The van der Waals surface area contributed by atoms with Crippen LogP contribution in [-0.4, -0.2) is 12.1 Å². The van der Waals surface area contributed by atoms with Crippen molar-refractivity contribution in [2.24, 2.45) is 0 Å². The summed E-state index contributed by atoms with van der Waals surface area (Å²) in [5.74, 6) is 0.625. The summed E-state index contributed by atoms with van der Waals surface area (Å²) in [7, 11) is 1.62. The van der Waals surface area contributed by atoms with Gasteiger partial charge in [-0.2, -0.15) is 0 Å². The van der Waals surface area contributed by atoms with E-state index in [-0.39, 0.29) is 0 Å². The maximum Gasteiger partial charge on any atom is 0.237 e. The average molecular weight is 313 g/mol. The minimum absolute atomic E-state index is 0.625. The third kappa shape index (κ3) is 2.98. The van der Waals surface area contributed by atoms with E-state index in [0.29, 0.717) is 5.88 Å². The van der Waals surface area contributed by atoms with E-state index >= 15 is 0 Å². The van der Waals surface area contributed by atoms with Gasteiger partial charge in [0.1, 0.15) is 0 Å². The number of rotatable bonds is 4. The van der Waals surface area contributed by atoms with E-state index in [1.165, 1.54) is 9.75 Å². The first-order chi connectivity index (χ1) is 8.20. The van der Waals surface area contributed by atoms with Crippen LogP contribution in [0.3, 0.4) is 0 Å². The Balaban J connectivity index is 2.07. The van der Waals surface area contributed by atoms with Crippen LogP contribution in [-0.2, 0) is 6.54 Å². The van der Waals surface area contributed by atoms with E-state index in [2.05, 4.69) is 39.2 Å². The van der Waals surface area contributed by atoms with E-state index in [1.807, 2.05) is 12.1 Å². The van der Waals surface area contributed by atoms with Gasteiger partial charge in [0, 0.05) is 27.0 Å². The molecule has 17 heavy (non-hydrogen) atoms. The van der Waals surface area contributed by atoms with Crippen molar-refractivity contribution in [1.82, 2.24) is 4.98 Å². The first-order valence-electron chi connectivity index (χ1n) is 5.18. The zero-order valence-corrected chi connectivity index (χ0v) is 12.1. The van der Waals surface area contributed by atoms with E-state index in [9.17, 15) is 0 Å². The quantitative estimate of drug-likeness (QED) is 0.931. The zero-order chi connectivity index (χ0) is 12.3. The van der Waals surface area contributed by atoms with Crippen LogP contribution >= 0.6 is 27.3 Å². The number of hydrogen-bond donors (Lipinski definition) is 1. The molecule has 0 unspecified atom stereocenters. The number of nitrogens with zero attached hydrogens (tertiary/aromatic N) is 1. The summed E-state index contributed by atoms with van der Waals surface area (Å²) in [6.07, 6.45) is 1.72. The molecule has 0 aliphatic rings. The monoisotopic (exact) mass is 312 g/mol. The Hall–Kier alpha value is -1.07. The summed E-state index contributed by atoms with van der Waals surface area (Å²) >= 11 is 5.29. The van der Waals surface area contributed by atoms with Crippen LogP contribution in [0.1, 0.15) is 9.75 Å². The Bertz CT molecular complexity index is 493. The molecule has 2 rings (SSSR count). The van der Waals surface area contributed by atoms with Gasteiger partial charge in [0.05, 0.1) is 12.8 Å². The third-order valence-electron chi connectivity index (χ3n) is 2.33. The largest absolute Gasteiger partial charge is 0.480 e. The highest BCUT2D eigenvalue weighted by Gasteiger charge is 2.05. The number of anilines is 1. The van der Waals surface area contributed by atoms with Gasteiger partial charge in [-0.25, -0.2) is 4.98 Å². The molecule has 0 spiro atoms. The molecule has 0 radical (unpaired) electrons. The molecule has 0 aliphatic carbocycles. The number of halogens is 1. The van der Waals surface area contributed by atoms with Gasteiger partial charge < -0.3 is 10.1 Å². The number of pyridine rings is 1. The van der Waals surface area contributed by atoms with Crippen molar-refractivity contribution in [3.63, 3.8) is 0 Å². The van der Waals surface area contributed by atoms with Crippen LogP contribution in [0.25, 0.3) is 0 Å². The van der Waals surface area contributed by atoms with Crippen LogP contribution in [0.2, 0.25) is 0 Å². The molecule has 0 bridgehead atoms. The number of methoxy groups -OCH3 is 1. The molecular formula is C12H13BrN2OS. The highest BCUT2D eigenvalue weighted by molar-refractivity contribution is 9.10. The van der Waals surface area contributed by atoms with Crippen molar-refractivity contribution in [1.29, 1.82) is 0 Å². The van der Waals surface area contributed by atoms with Crippen LogP contribution in [0.5, 0.6) is 5.88 Å². The van der Waals surface area contributed by atoms with E-state index in [4.69, 9.17) is 4.74 Å². The molecule has 3 nitrogen and oxygen atoms in total. The number of aromatic nitrogens is 1. The van der Waals surface area contributed by atoms with Crippen LogP contribution in [0.4, 0.5) is 5.69 Å². The standard InChI is InChI=1S/C12H13BrN2OS/c1-8-10(13)6-9(17-8)7-15-11-4-3-5-14-12(11)16-2/h3-6,15H,7H2,1-2H3. The Kier molecular flexibility index (Phi) is 4.02. The molecule has 2 aromatic rings.